The number of benzene rings is 1. The molecule has 0 spiro atoms. The number of esters is 1. The third-order valence-electron chi connectivity index (χ3n) is 2.88. The molecule has 1 atom stereocenters. The molecule has 0 bridgehead atoms. The molecule has 0 unspecified atom stereocenters. The predicted molar refractivity (Wildman–Crippen MR) is 59.4 cm³/mol. The maximum absolute atomic E-state index is 11.6. The normalized spacial score (nSPS) is 17.1. The van der Waals surface area contributed by atoms with Crippen LogP contribution < -0.4 is 4.74 Å². The Bertz CT molecular complexity index is 582. The van der Waals surface area contributed by atoms with Gasteiger partial charge in [0.2, 0.25) is 0 Å². The molecule has 0 fully saturated rings. The van der Waals surface area contributed by atoms with Gasteiger partial charge in [0, 0.05) is 11.6 Å². The zero-order valence-corrected chi connectivity index (χ0v) is 9.61. The number of carbonyl (C=O) groups excluding carboxylic acids is 1. The third-order valence-corrected chi connectivity index (χ3v) is 2.88. The number of ether oxygens (including phenoxy) is 2. The number of tetrazole rings is 1. The van der Waals surface area contributed by atoms with E-state index in [0.717, 1.165) is 11.3 Å². The van der Waals surface area contributed by atoms with Crippen molar-refractivity contribution in [2.45, 2.75) is 5.92 Å². The molecule has 1 aliphatic heterocycles. The van der Waals surface area contributed by atoms with Gasteiger partial charge in [-0.25, -0.2) is 4.68 Å². The molecular formula is C11H10N4O3. The summed E-state index contributed by atoms with van der Waals surface area (Å²) < 4.78 is 11.7. The Morgan fingerprint density at radius 2 is 2.44 bits per heavy atom. The fourth-order valence-corrected chi connectivity index (χ4v) is 1.96. The highest BCUT2D eigenvalue weighted by Gasteiger charge is 2.31. The Hall–Kier alpha value is -2.44. The first-order chi connectivity index (χ1) is 8.79. The topological polar surface area (TPSA) is 79.1 Å². The Kier molecular flexibility index (Phi) is 2.44. The van der Waals surface area contributed by atoms with Crippen LogP contribution in [0.15, 0.2) is 24.5 Å². The van der Waals surface area contributed by atoms with Crippen molar-refractivity contribution in [3.63, 3.8) is 0 Å². The Morgan fingerprint density at radius 3 is 3.17 bits per heavy atom. The molecule has 7 nitrogen and oxygen atoms in total. The van der Waals surface area contributed by atoms with Gasteiger partial charge in [-0.3, -0.25) is 4.79 Å². The van der Waals surface area contributed by atoms with E-state index in [1.165, 1.54) is 18.1 Å². The number of methoxy groups -OCH3 is 1. The maximum atomic E-state index is 11.6. The van der Waals surface area contributed by atoms with Crippen LogP contribution in [-0.4, -0.2) is 39.9 Å². The summed E-state index contributed by atoms with van der Waals surface area (Å²) in [6.07, 6.45) is 1.49. The van der Waals surface area contributed by atoms with Gasteiger partial charge >= 0.3 is 5.97 Å². The number of hydrogen-bond donors (Lipinski definition) is 0. The van der Waals surface area contributed by atoms with Crippen LogP contribution in [0, 0.1) is 0 Å². The van der Waals surface area contributed by atoms with Crippen LogP contribution in [0.1, 0.15) is 11.5 Å². The van der Waals surface area contributed by atoms with Crippen LogP contribution in [0.3, 0.4) is 0 Å². The number of fused-ring (bicyclic) bond motifs is 1. The summed E-state index contributed by atoms with van der Waals surface area (Å²) in [6.45, 7) is 0.307. The lowest BCUT2D eigenvalue weighted by Gasteiger charge is -2.06. The van der Waals surface area contributed by atoms with Gasteiger partial charge in [-0.15, -0.1) is 5.10 Å². The number of nitrogens with zero attached hydrogens (tertiary/aromatic N) is 4. The van der Waals surface area contributed by atoms with E-state index >= 15 is 0 Å². The Balaban J connectivity index is 1.97. The molecule has 7 heteroatoms. The van der Waals surface area contributed by atoms with Crippen molar-refractivity contribution in [1.29, 1.82) is 0 Å². The van der Waals surface area contributed by atoms with Crippen LogP contribution in [0.2, 0.25) is 0 Å². The summed E-state index contributed by atoms with van der Waals surface area (Å²) >= 11 is 0. The fourth-order valence-electron chi connectivity index (χ4n) is 1.96. The van der Waals surface area contributed by atoms with E-state index < -0.39 is 0 Å². The zero-order valence-electron chi connectivity index (χ0n) is 9.61. The number of rotatable bonds is 2. The smallest absolute Gasteiger partial charge is 0.316 e. The first kappa shape index (κ1) is 10.7. The van der Waals surface area contributed by atoms with Crippen molar-refractivity contribution in [3.8, 4) is 11.4 Å². The van der Waals surface area contributed by atoms with Crippen LogP contribution >= 0.6 is 0 Å². The van der Waals surface area contributed by atoms with Gasteiger partial charge in [0.15, 0.2) is 0 Å². The van der Waals surface area contributed by atoms with Gasteiger partial charge in [0.1, 0.15) is 24.6 Å². The van der Waals surface area contributed by atoms with Gasteiger partial charge in [-0.05, 0) is 16.5 Å². The summed E-state index contributed by atoms with van der Waals surface area (Å²) in [6, 6.07) is 5.47. The molecule has 0 saturated heterocycles. The Labute approximate surface area is 102 Å². The average molecular weight is 246 g/mol. The highest BCUT2D eigenvalue weighted by atomic mass is 16.5. The van der Waals surface area contributed by atoms with Crippen molar-refractivity contribution in [1.82, 2.24) is 20.2 Å². The van der Waals surface area contributed by atoms with Gasteiger partial charge in [0.05, 0.1) is 12.8 Å². The lowest BCUT2D eigenvalue weighted by atomic mass is 10.0. The van der Waals surface area contributed by atoms with E-state index in [2.05, 4.69) is 15.5 Å². The van der Waals surface area contributed by atoms with Crippen LogP contribution in [-0.2, 0) is 9.53 Å². The SMILES string of the molecule is COC(=O)[C@@H]1COc2cc(-n3cnnn3)ccc21. The minimum atomic E-state index is -0.354. The van der Waals surface area contributed by atoms with Gasteiger partial charge in [-0.2, -0.15) is 0 Å². The third kappa shape index (κ3) is 1.60. The van der Waals surface area contributed by atoms with E-state index in [9.17, 15) is 4.79 Å². The first-order valence-corrected chi connectivity index (χ1v) is 5.37. The van der Waals surface area contributed by atoms with Gasteiger partial charge < -0.3 is 9.47 Å². The highest BCUT2D eigenvalue weighted by molar-refractivity contribution is 5.80. The average Bonchev–Trinajstić information content (AvgIpc) is 3.06. The quantitative estimate of drug-likeness (QED) is 0.709. The van der Waals surface area contributed by atoms with Crippen molar-refractivity contribution >= 4 is 5.97 Å². The summed E-state index contributed by atoms with van der Waals surface area (Å²) in [7, 11) is 1.37. The first-order valence-electron chi connectivity index (χ1n) is 5.37. The minimum Gasteiger partial charge on any atom is -0.492 e. The van der Waals surface area contributed by atoms with Crippen molar-refractivity contribution in [2.75, 3.05) is 13.7 Å². The Morgan fingerprint density at radius 1 is 1.56 bits per heavy atom. The number of carbonyl (C=O) groups is 1. The molecule has 2 heterocycles. The van der Waals surface area contributed by atoms with E-state index in [1.54, 1.807) is 6.07 Å². The zero-order chi connectivity index (χ0) is 12.5. The molecule has 0 N–H and O–H groups in total. The second kappa shape index (κ2) is 4.10. The predicted octanol–water partition coefficient (Wildman–Crippen LogP) is 0.311. The molecule has 0 aliphatic carbocycles. The largest absolute Gasteiger partial charge is 0.492 e. The van der Waals surface area contributed by atoms with E-state index in [0.29, 0.717) is 12.4 Å². The molecule has 0 radical (unpaired) electrons. The molecule has 18 heavy (non-hydrogen) atoms. The molecule has 1 aliphatic rings. The number of aromatic nitrogens is 4. The van der Waals surface area contributed by atoms with Crippen molar-refractivity contribution in [3.05, 3.63) is 30.1 Å². The fraction of sp³-hybridized carbons (Fsp3) is 0.273. The molecule has 3 rings (SSSR count). The van der Waals surface area contributed by atoms with E-state index in [1.807, 2.05) is 12.1 Å². The maximum Gasteiger partial charge on any atom is 0.316 e. The monoisotopic (exact) mass is 246 g/mol. The molecule has 0 saturated carbocycles. The van der Waals surface area contributed by atoms with Gasteiger partial charge in [-0.1, -0.05) is 6.07 Å². The molecular weight excluding hydrogens is 236 g/mol. The van der Waals surface area contributed by atoms with E-state index in [4.69, 9.17) is 9.47 Å². The molecule has 2 aromatic rings. The second-order valence-corrected chi connectivity index (χ2v) is 3.86. The van der Waals surface area contributed by atoms with Crippen molar-refractivity contribution in [2.24, 2.45) is 0 Å². The number of hydrogen-bond acceptors (Lipinski definition) is 6. The van der Waals surface area contributed by atoms with Crippen LogP contribution in [0.25, 0.3) is 5.69 Å². The van der Waals surface area contributed by atoms with E-state index in [-0.39, 0.29) is 11.9 Å². The minimum absolute atomic E-state index is 0.288. The van der Waals surface area contributed by atoms with Crippen LogP contribution in [0.4, 0.5) is 0 Å². The summed E-state index contributed by atoms with van der Waals surface area (Å²) in [5.74, 6) is 0.0234. The standard InChI is InChI=1S/C11H10N4O3/c1-17-11(16)9-5-18-10-4-7(2-3-8(9)10)15-6-12-13-14-15/h2-4,6,9H,5H2,1H3/t9-/m1/s1. The second-order valence-electron chi connectivity index (χ2n) is 3.86. The summed E-state index contributed by atoms with van der Waals surface area (Å²) in [5.41, 5.74) is 1.61. The molecule has 1 aromatic carbocycles. The van der Waals surface area contributed by atoms with Crippen LogP contribution in [0.5, 0.6) is 5.75 Å². The van der Waals surface area contributed by atoms with Crippen molar-refractivity contribution < 1.29 is 14.3 Å². The summed E-state index contributed by atoms with van der Waals surface area (Å²) in [4.78, 5) is 11.6. The summed E-state index contributed by atoms with van der Waals surface area (Å²) in [5, 5.41) is 10.9. The van der Waals surface area contributed by atoms with Gasteiger partial charge in [0.25, 0.3) is 0 Å². The molecule has 92 valence electrons. The highest BCUT2D eigenvalue weighted by Crippen LogP contribution is 2.35. The lowest BCUT2D eigenvalue weighted by Crippen LogP contribution is -2.15. The lowest BCUT2D eigenvalue weighted by molar-refractivity contribution is -0.142. The molecule has 1 aromatic heterocycles. The molecule has 0 amide bonds.